The van der Waals surface area contributed by atoms with Crippen molar-refractivity contribution >= 4 is 5.78 Å². The highest BCUT2D eigenvalue weighted by Gasteiger charge is 2.64. The fraction of sp³-hybridized carbons (Fsp3) is 0.903. The number of rotatable bonds is 4. The zero-order valence-corrected chi connectivity index (χ0v) is 22.8. The molecule has 3 saturated carbocycles. The van der Waals surface area contributed by atoms with Gasteiger partial charge in [-0.3, -0.25) is 4.79 Å². The van der Waals surface area contributed by atoms with E-state index >= 15 is 0 Å². The maximum absolute atomic E-state index is 13.5. The van der Waals surface area contributed by atoms with Gasteiger partial charge in [-0.15, -0.1) is 0 Å². The number of hydrogen-bond donors (Lipinski definition) is 0. The fourth-order valence-corrected chi connectivity index (χ4v) is 9.80. The number of allylic oxidation sites excluding steroid dienone is 2. The second-order valence-electron chi connectivity index (χ2n) is 15.0. The summed E-state index contributed by atoms with van der Waals surface area (Å²) in [4.78, 5) is 13.5. The van der Waals surface area contributed by atoms with Crippen molar-refractivity contribution in [2.45, 2.75) is 120 Å². The highest BCUT2D eigenvalue weighted by atomic mass is 16.1. The van der Waals surface area contributed by atoms with Gasteiger partial charge >= 0.3 is 0 Å². The standard InChI is InChI=1S/C31H52O/c1-20-10-13-29(7)24-12-15-30(8)23(22(3)16-21(2)19-28(4,5)6)11-14-31(30,9)25(24)18-27(32)26(29)17-20/h18,20-24,26H,10-17,19H2,1-9H3/t20-,21+,22+,23+,24?,26-,29+,30+,31-/m0/s1. The highest BCUT2D eigenvalue weighted by molar-refractivity contribution is 5.94. The molecule has 32 heavy (non-hydrogen) atoms. The summed E-state index contributed by atoms with van der Waals surface area (Å²) < 4.78 is 0. The predicted molar refractivity (Wildman–Crippen MR) is 136 cm³/mol. The zero-order valence-electron chi connectivity index (χ0n) is 22.8. The van der Waals surface area contributed by atoms with Gasteiger partial charge in [0.15, 0.2) is 5.78 Å². The Morgan fingerprint density at radius 1 is 1.00 bits per heavy atom. The molecule has 0 bridgehead atoms. The molecule has 0 heterocycles. The van der Waals surface area contributed by atoms with Gasteiger partial charge in [0, 0.05) is 5.92 Å². The lowest BCUT2D eigenvalue weighted by Crippen LogP contribution is -2.55. The van der Waals surface area contributed by atoms with Crippen LogP contribution in [0.15, 0.2) is 11.6 Å². The van der Waals surface area contributed by atoms with E-state index in [0.29, 0.717) is 28.4 Å². The van der Waals surface area contributed by atoms with Crippen molar-refractivity contribution in [1.29, 1.82) is 0 Å². The van der Waals surface area contributed by atoms with Crippen molar-refractivity contribution < 1.29 is 4.79 Å². The largest absolute Gasteiger partial charge is 0.295 e. The normalized spacial score (nSPS) is 46.0. The van der Waals surface area contributed by atoms with Crippen molar-refractivity contribution in [3.05, 3.63) is 11.6 Å². The molecular formula is C31H52O. The fourth-order valence-electron chi connectivity index (χ4n) is 9.80. The molecule has 4 aliphatic rings. The first-order valence-corrected chi connectivity index (χ1v) is 14.0. The van der Waals surface area contributed by atoms with Crippen LogP contribution in [0.5, 0.6) is 0 Å². The molecule has 0 aromatic rings. The van der Waals surface area contributed by atoms with E-state index in [1.807, 2.05) is 0 Å². The van der Waals surface area contributed by atoms with Crippen LogP contribution in [0.1, 0.15) is 120 Å². The number of ketones is 1. The minimum absolute atomic E-state index is 0.211. The van der Waals surface area contributed by atoms with Gasteiger partial charge in [0.1, 0.15) is 0 Å². The summed E-state index contributed by atoms with van der Waals surface area (Å²) in [5.74, 6) is 4.47. The van der Waals surface area contributed by atoms with E-state index in [9.17, 15) is 4.79 Å². The summed E-state index contributed by atoms with van der Waals surface area (Å²) in [6.45, 7) is 22.2. The lowest BCUT2D eigenvalue weighted by atomic mass is 9.43. The summed E-state index contributed by atoms with van der Waals surface area (Å²) in [6, 6.07) is 0. The van der Waals surface area contributed by atoms with Crippen LogP contribution in [-0.4, -0.2) is 5.78 Å². The number of carbonyl (C=O) groups is 1. The van der Waals surface area contributed by atoms with Crippen LogP contribution in [0.25, 0.3) is 0 Å². The first-order valence-electron chi connectivity index (χ1n) is 14.0. The average molecular weight is 441 g/mol. The molecule has 0 aromatic heterocycles. The van der Waals surface area contributed by atoms with Crippen LogP contribution in [0, 0.1) is 57.2 Å². The molecule has 0 N–H and O–H groups in total. The third kappa shape index (κ3) is 3.76. The molecule has 4 aliphatic carbocycles. The third-order valence-electron chi connectivity index (χ3n) is 11.5. The summed E-state index contributed by atoms with van der Waals surface area (Å²) in [5, 5.41) is 0. The van der Waals surface area contributed by atoms with Crippen LogP contribution >= 0.6 is 0 Å². The smallest absolute Gasteiger partial charge is 0.159 e. The van der Waals surface area contributed by atoms with Gasteiger partial charge in [0.25, 0.3) is 0 Å². The van der Waals surface area contributed by atoms with Gasteiger partial charge < -0.3 is 0 Å². The molecule has 1 nitrogen and oxygen atoms in total. The Morgan fingerprint density at radius 2 is 1.69 bits per heavy atom. The van der Waals surface area contributed by atoms with Crippen molar-refractivity contribution in [2.75, 3.05) is 0 Å². The number of carbonyl (C=O) groups excluding carboxylic acids is 1. The van der Waals surface area contributed by atoms with Crippen LogP contribution in [0.4, 0.5) is 0 Å². The topological polar surface area (TPSA) is 17.1 Å². The number of fused-ring (bicyclic) bond motifs is 5. The van der Waals surface area contributed by atoms with Crippen molar-refractivity contribution in [1.82, 2.24) is 0 Å². The van der Waals surface area contributed by atoms with Crippen molar-refractivity contribution in [2.24, 2.45) is 57.2 Å². The Bertz CT molecular complexity index is 770. The average Bonchev–Trinajstić information content (AvgIpc) is 2.94. The summed E-state index contributed by atoms with van der Waals surface area (Å²) in [5.41, 5.74) is 2.78. The summed E-state index contributed by atoms with van der Waals surface area (Å²) in [6.07, 6.45) is 13.9. The van der Waals surface area contributed by atoms with E-state index in [0.717, 1.165) is 24.2 Å². The molecule has 0 amide bonds. The number of hydrogen-bond acceptors (Lipinski definition) is 1. The van der Waals surface area contributed by atoms with E-state index in [1.165, 1.54) is 51.4 Å². The maximum Gasteiger partial charge on any atom is 0.159 e. The second kappa shape index (κ2) is 7.98. The Morgan fingerprint density at radius 3 is 2.34 bits per heavy atom. The van der Waals surface area contributed by atoms with E-state index in [2.05, 4.69) is 68.4 Å². The highest BCUT2D eigenvalue weighted by Crippen LogP contribution is 2.72. The van der Waals surface area contributed by atoms with Crippen LogP contribution in [0.3, 0.4) is 0 Å². The molecule has 1 heteroatoms. The first-order chi connectivity index (χ1) is 14.7. The minimum Gasteiger partial charge on any atom is -0.295 e. The van der Waals surface area contributed by atoms with Crippen LogP contribution < -0.4 is 0 Å². The lowest BCUT2D eigenvalue weighted by Gasteiger charge is -2.61. The quantitative estimate of drug-likeness (QED) is 0.426. The summed E-state index contributed by atoms with van der Waals surface area (Å²) in [7, 11) is 0. The molecule has 4 rings (SSSR count). The van der Waals surface area contributed by atoms with Crippen molar-refractivity contribution in [3.8, 4) is 0 Å². The molecule has 0 radical (unpaired) electrons. The van der Waals surface area contributed by atoms with Crippen LogP contribution in [0.2, 0.25) is 0 Å². The molecule has 9 atom stereocenters. The first kappa shape index (κ1) is 24.5. The van der Waals surface area contributed by atoms with Crippen molar-refractivity contribution in [3.63, 3.8) is 0 Å². The summed E-state index contributed by atoms with van der Waals surface area (Å²) >= 11 is 0. The SMILES string of the molecule is C[C@H](C[C@@H](C)[C@H]1CC[C@@]2(C)C3=CC(=O)[C@@H]4C[C@@H](C)CC[C@]4(C)C3CC[C@]12C)CC(C)(C)C. The Balaban J connectivity index is 1.60. The molecule has 0 aromatic carbocycles. The molecule has 0 saturated heterocycles. The van der Waals surface area contributed by atoms with Gasteiger partial charge in [-0.2, -0.15) is 0 Å². The molecule has 0 spiro atoms. The van der Waals surface area contributed by atoms with E-state index in [4.69, 9.17) is 0 Å². The Hall–Kier alpha value is -0.590. The van der Waals surface area contributed by atoms with E-state index < -0.39 is 0 Å². The monoisotopic (exact) mass is 440 g/mol. The Labute approximate surface area is 199 Å². The predicted octanol–water partition coefficient (Wildman–Crippen LogP) is 8.87. The van der Waals surface area contributed by atoms with E-state index in [1.54, 1.807) is 5.57 Å². The molecule has 182 valence electrons. The molecular weight excluding hydrogens is 388 g/mol. The van der Waals surface area contributed by atoms with Gasteiger partial charge in [-0.25, -0.2) is 0 Å². The van der Waals surface area contributed by atoms with Gasteiger partial charge in [-0.1, -0.05) is 74.3 Å². The molecule has 1 unspecified atom stereocenters. The Kier molecular flexibility index (Phi) is 6.12. The lowest BCUT2D eigenvalue weighted by molar-refractivity contribution is -0.131. The third-order valence-corrected chi connectivity index (χ3v) is 11.5. The molecule has 0 aliphatic heterocycles. The van der Waals surface area contributed by atoms with Gasteiger partial charge in [0.05, 0.1) is 0 Å². The maximum atomic E-state index is 13.5. The van der Waals surface area contributed by atoms with E-state index in [-0.39, 0.29) is 16.7 Å². The minimum atomic E-state index is 0.211. The van der Waals surface area contributed by atoms with Crippen LogP contribution in [-0.2, 0) is 4.79 Å². The second-order valence-corrected chi connectivity index (χ2v) is 15.0. The van der Waals surface area contributed by atoms with Gasteiger partial charge in [-0.05, 0) is 109 Å². The zero-order chi connectivity index (χ0) is 23.7. The molecule has 3 fully saturated rings. The van der Waals surface area contributed by atoms with Gasteiger partial charge in [0.2, 0.25) is 0 Å².